The van der Waals surface area contributed by atoms with E-state index in [0.29, 0.717) is 17.6 Å². The monoisotopic (exact) mass is 248 g/mol. The molecule has 0 aliphatic carbocycles. The quantitative estimate of drug-likeness (QED) is 0.828. The maximum absolute atomic E-state index is 4.41. The van der Waals surface area contributed by atoms with Gasteiger partial charge < -0.3 is 5.32 Å². The van der Waals surface area contributed by atoms with E-state index in [1.807, 2.05) is 12.1 Å². The highest BCUT2D eigenvalue weighted by Crippen LogP contribution is 2.10. The smallest absolute Gasteiger partial charge is 0.199 e. The van der Waals surface area contributed by atoms with E-state index in [2.05, 4.69) is 46.7 Å². The summed E-state index contributed by atoms with van der Waals surface area (Å²) in [4.78, 5) is 0. The fourth-order valence-corrected chi connectivity index (χ4v) is 2.14. The molecule has 6 heteroatoms. The Balaban J connectivity index is 2.09. The van der Waals surface area contributed by atoms with Gasteiger partial charge in [0.25, 0.3) is 0 Å². The average Bonchev–Trinajstić information content (AvgIpc) is 2.75. The lowest BCUT2D eigenvalue weighted by Gasteiger charge is -2.19. The van der Waals surface area contributed by atoms with Crippen LogP contribution in [0.5, 0.6) is 0 Å². The van der Waals surface area contributed by atoms with Gasteiger partial charge in [0, 0.05) is 12.5 Å². The zero-order valence-electron chi connectivity index (χ0n) is 11.2. The number of likely N-dealkylation sites (N-methyl/N-ethyl adjacent to an activating group) is 1. The second-order valence-corrected chi connectivity index (χ2v) is 4.94. The molecular weight excluding hydrogens is 228 g/mol. The first-order chi connectivity index (χ1) is 8.69. The molecule has 0 bridgehead atoms. The van der Waals surface area contributed by atoms with Crippen molar-refractivity contribution < 1.29 is 0 Å². The molecule has 0 aliphatic rings. The van der Waals surface area contributed by atoms with Crippen LogP contribution in [0, 0.1) is 5.92 Å². The van der Waals surface area contributed by atoms with Crippen molar-refractivity contribution in [2.45, 2.75) is 39.7 Å². The van der Waals surface area contributed by atoms with Crippen LogP contribution >= 0.6 is 0 Å². The molecule has 0 fully saturated rings. The lowest BCUT2D eigenvalue weighted by Crippen LogP contribution is -2.32. The van der Waals surface area contributed by atoms with Gasteiger partial charge in [-0.15, -0.1) is 9.73 Å². The number of rotatable bonds is 6. The van der Waals surface area contributed by atoms with Crippen molar-refractivity contribution in [3.05, 3.63) is 17.8 Å². The van der Waals surface area contributed by atoms with Crippen LogP contribution in [0.2, 0.25) is 0 Å². The van der Waals surface area contributed by atoms with Gasteiger partial charge in [-0.25, -0.2) is 0 Å². The van der Waals surface area contributed by atoms with E-state index in [-0.39, 0.29) is 0 Å². The Morgan fingerprint density at radius 2 is 2.17 bits per heavy atom. The number of hydrogen-bond donors (Lipinski definition) is 1. The minimum atomic E-state index is 0.455. The normalized spacial score (nSPS) is 13.3. The summed E-state index contributed by atoms with van der Waals surface area (Å²) in [5.74, 6) is 0.672. The Bertz CT molecular complexity index is 492. The zero-order valence-corrected chi connectivity index (χ0v) is 11.2. The first kappa shape index (κ1) is 12.9. The molecule has 0 saturated carbocycles. The molecule has 98 valence electrons. The van der Waals surface area contributed by atoms with Crippen molar-refractivity contribution in [2.24, 2.45) is 5.92 Å². The van der Waals surface area contributed by atoms with Gasteiger partial charge >= 0.3 is 0 Å². The zero-order chi connectivity index (χ0) is 13.0. The molecule has 0 saturated heterocycles. The Labute approximate surface area is 107 Å². The van der Waals surface area contributed by atoms with Gasteiger partial charge in [-0.3, -0.25) is 0 Å². The van der Waals surface area contributed by atoms with E-state index in [0.717, 1.165) is 25.1 Å². The minimum absolute atomic E-state index is 0.455. The first-order valence-electron chi connectivity index (χ1n) is 6.46. The van der Waals surface area contributed by atoms with E-state index in [1.54, 1.807) is 0 Å². The summed E-state index contributed by atoms with van der Waals surface area (Å²) in [5, 5.41) is 19.2. The lowest BCUT2D eigenvalue weighted by atomic mass is 9.99. The summed E-state index contributed by atoms with van der Waals surface area (Å²) >= 11 is 0. The molecule has 0 radical (unpaired) electrons. The van der Waals surface area contributed by atoms with Crippen LogP contribution in [0.3, 0.4) is 0 Å². The average molecular weight is 248 g/mol. The van der Waals surface area contributed by atoms with E-state index in [9.17, 15) is 0 Å². The largest absolute Gasteiger partial charge is 0.314 e. The maximum atomic E-state index is 4.41. The molecule has 0 spiro atoms. The van der Waals surface area contributed by atoms with E-state index >= 15 is 0 Å². The summed E-state index contributed by atoms with van der Waals surface area (Å²) in [6.45, 7) is 7.58. The molecule has 6 nitrogen and oxygen atoms in total. The Hall–Kier alpha value is -1.56. The molecule has 1 atom stereocenters. The van der Waals surface area contributed by atoms with Gasteiger partial charge in [0.2, 0.25) is 0 Å². The van der Waals surface area contributed by atoms with Crippen molar-refractivity contribution >= 4 is 5.65 Å². The molecule has 2 rings (SSSR count). The van der Waals surface area contributed by atoms with Crippen LogP contribution in [-0.2, 0) is 6.42 Å². The molecule has 1 N–H and O–H groups in total. The van der Waals surface area contributed by atoms with Gasteiger partial charge in [-0.05, 0) is 41.4 Å². The standard InChI is InChI=1S/C12H20N6/c1-4-13-11(7-9(2)3)8-10-5-6-12-14-16-17-18(12)15-10/h5-6,9,11,13H,4,7-8H2,1-3H3. The molecule has 2 aromatic heterocycles. The third-order valence-electron chi connectivity index (χ3n) is 2.83. The number of nitrogens with one attached hydrogen (secondary N) is 1. The van der Waals surface area contributed by atoms with E-state index in [1.165, 1.54) is 4.63 Å². The summed E-state index contributed by atoms with van der Waals surface area (Å²) in [5.41, 5.74) is 1.70. The van der Waals surface area contributed by atoms with Crippen LogP contribution in [0.1, 0.15) is 32.9 Å². The van der Waals surface area contributed by atoms with Crippen LogP contribution in [0.4, 0.5) is 0 Å². The number of aromatic nitrogens is 5. The van der Waals surface area contributed by atoms with Crippen molar-refractivity contribution in [3.63, 3.8) is 0 Å². The number of fused-ring (bicyclic) bond motifs is 1. The minimum Gasteiger partial charge on any atom is -0.314 e. The number of nitrogens with zero attached hydrogens (tertiary/aromatic N) is 5. The molecule has 1 unspecified atom stereocenters. The first-order valence-corrected chi connectivity index (χ1v) is 6.46. The van der Waals surface area contributed by atoms with Crippen LogP contribution in [0.25, 0.3) is 5.65 Å². The highest BCUT2D eigenvalue weighted by atomic mass is 15.6. The van der Waals surface area contributed by atoms with Crippen molar-refractivity contribution in [1.82, 2.24) is 30.6 Å². The number of tetrazole rings is 1. The molecule has 18 heavy (non-hydrogen) atoms. The lowest BCUT2D eigenvalue weighted by molar-refractivity contribution is 0.419. The van der Waals surface area contributed by atoms with Gasteiger partial charge in [0.05, 0.1) is 5.69 Å². The highest BCUT2D eigenvalue weighted by Gasteiger charge is 2.12. The van der Waals surface area contributed by atoms with Crippen molar-refractivity contribution in [1.29, 1.82) is 0 Å². The molecule has 0 amide bonds. The Morgan fingerprint density at radius 1 is 1.33 bits per heavy atom. The SMILES string of the molecule is CCNC(Cc1ccc2nnnn2n1)CC(C)C. The second kappa shape index (κ2) is 5.86. The maximum Gasteiger partial charge on any atom is 0.199 e. The van der Waals surface area contributed by atoms with Crippen molar-refractivity contribution in [2.75, 3.05) is 6.54 Å². The van der Waals surface area contributed by atoms with E-state index in [4.69, 9.17) is 0 Å². The summed E-state index contributed by atoms with van der Waals surface area (Å²) in [6.07, 6.45) is 2.05. The Morgan fingerprint density at radius 3 is 2.89 bits per heavy atom. The Kier molecular flexibility index (Phi) is 4.19. The third kappa shape index (κ3) is 3.22. The van der Waals surface area contributed by atoms with Crippen LogP contribution < -0.4 is 5.32 Å². The highest BCUT2D eigenvalue weighted by molar-refractivity contribution is 5.32. The van der Waals surface area contributed by atoms with Crippen LogP contribution in [-0.4, -0.2) is 37.8 Å². The number of hydrogen-bond acceptors (Lipinski definition) is 5. The fraction of sp³-hybridized carbons (Fsp3) is 0.667. The molecule has 2 aromatic rings. The summed E-state index contributed by atoms with van der Waals surface area (Å²) < 4.78 is 1.48. The summed E-state index contributed by atoms with van der Waals surface area (Å²) in [7, 11) is 0. The predicted molar refractivity (Wildman–Crippen MR) is 69.2 cm³/mol. The van der Waals surface area contributed by atoms with Gasteiger partial charge in [0.1, 0.15) is 0 Å². The van der Waals surface area contributed by atoms with Gasteiger partial charge in [0.15, 0.2) is 5.65 Å². The predicted octanol–water partition coefficient (Wildman–Crippen LogP) is 1.09. The third-order valence-corrected chi connectivity index (χ3v) is 2.83. The van der Waals surface area contributed by atoms with Gasteiger partial charge in [-0.1, -0.05) is 20.8 Å². The van der Waals surface area contributed by atoms with Crippen molar-refractivity contribution in [3.8, 4) is 0 Å². The topological polar surface area (TPSA) is 68.0 Å². The fourth-order valence-electron chi connectivity index (χ4n) is 2.14. The molecule has 2 heterocycles. The van der Waals surface area contributed by atoms with Crippen LogP contribution in [0.15, 0.2) is 12.1 Å². The molecule has 0 aromatic carbocycles. The summed E-state index contributed by atoms with van der Waals surface area (Å²) in [6, 6.07) is 4.35. The molecule has 0 aliphatic heterocycles. The van der Waals surface area contributed by atoms with Gasteiger partial charge in [-0.2, -0.15) is 5.10 Å². The molecular formula is C12H20N6. The van der Waals surface area contributed by atoms with E-state index < -0.39 is 0 Å². The second-order valence-electron chi connectivity index (χ2n) is 4.94.